The van der Waals surface area contributed by atoms with Gasteiger partial charge in [-0.3, -0.25) is 4.79 Å². The lowest BCUT2D eigenvalue weighted by Gasteiger charge is -1.86. The molecule has 0 atom stereocenters. The molecule has 2 N–H and O–H groups in total. The largest absolute Gasteiger partial charge is 0.366 e. The maximum atomic E-state index is 11.8. The molecular weight excluding hydrogens is 137 g/mol. The second kappa shape index (κ2) is 2.47. The van der Waals surface area contributed by atoms with E-state index in [4.69, 9.17) is 5.73 Å². The summed E-state index contributed by atoms with van der Waals surface area (Å²) >= 11 is 0. The monoisotopic (exact) mass is 143 g/mol. The fourth-order valence-corrected chi connectivity index (χ4v) is 0.556. The van der Waals surface area contributed by atoms with Crippen LogP contribution in [-0.4, -0.2) is 15.7 Å². The average molecular weight is 143 g/mol. The fraction of sp³-hybridized carbons (Fsp3) is 0.200. The number of carbonyl (C=O) groups excluding carboxylic acids is 1. The van der Waals surface area contributed by atoms with Gasteiger partial charge in [-0.05, 0) is 0 Å². The van der Waals surface area contributed by atoms with E-state index in [9.17, 15) is 9.18 Å². The van der Waals surface area contributed by atoms with Gasteiger partial charge >= 0.3 is 0 Å². The Morgan fingerprint density at radius 2 is 2.60 bits per heavy atom. The minimum absolute atomic E-state index is 0.220. The number of nitrogens with two attached hydrogens (primary N) is 1. The van der Waals surface area contributed by atoms with Crippen LogP contribution in [0.4, 0.5) is 4.39 Å². The van der Waals surface area contributed by atoms with Crippen LogP contribution in [0.25, 0.3) is 0 Å². The van der Waals surface area contributed by atoms with Crippen molar-refractivity contribution in [2.75, 3.05) is 0 Å². The summed E-state index contributed by atoms with van der Waals surface area (Å²) in [6.45, 7) is -0.743. The quantitative estimate of drug-likeness (QED) is 0.628. The first-order valence-electron chi connectivity index (χ1n) is 2.62. The third-order valence-electron chi connectivity index (χ3n) is 1.04. The van der Waals surface area contributed by atoms with Gasteiger partial charge in [0.15, 0.2) is 6.80 Å². The summed E-state index contributed by atoms with van der Waals surface area (Å²) in [7, 11) is 0. The lowest BCUT2D eigenvalue weighted by atomic mass is 10.4. The molecule has 1 rings (SSSR count). The molecule has 0 unspecified atom stereocenters. The van der Waals surface area contributed by atoms with E-state index in [1.54, 1.807) is 0 Å². The molecule has 0 spiro atoms. The Kier molecular flexibility index (Phi) is 1.66. The van der Waals surface area contributed by atoms with Gasteiger partial charge in [0.1, 0.15) is 0 Å². The molecule has 1 heterocycles. The zero-order valence-corrected chi connectivity index (χ0v) is 5.12. The van der Waals surface area contributed by atoms with Crippen molar-refractivity contribution in [3.63, 3.8) is 0 Å². The molecule has 0 aliphatic rings. The summed E-state index contributed by atoms with van der Waals surface area (Å²) in [5.74, 6) is -0.597. The van der Waals surface area contributed by atoms with Gasteiger partial charge in [0, 0.05) is 6.20 Å². The number of halogens is 1. The Bertz CT molecular complexity index is 245. The molecule has 5 heteroatoms. The molecule has 0 aliphatic heterocycles. The molecule has 1 aromatic rings. The highest BCUT2D eigenvalue weighted by Crippen LogP contribution is 1.95. The summed E-state index contributed by atoms with van der Waals surface area (Å²) in [4.78, 5) is 10.4. The summed E-state index contributed by atoms with van der Waals surface area (Å²) in [5, 5.41) is 3.50. The maximum absolute atomic E-state index is 11.8. The van der Waals surface area contributed by atoms with Crippen LogP contribution in [0.2, 0.25) is 0 Å². The highest BCUT2D eigenvalue weighted by atomic mass is 19.1. The molecule has 10 heavy (non-hydrogen) atoms. The van der Waals surface area contributed by atoms with E-state index >= 15 is 0 Å². The average Bonchev–Trinajstić information content (AvgIpc) is 2.34. The van der Waals surface area contributed by atoms with Crippen molar-refractivity contribution in [2.24, 2.45) is 5.73 Å². The van der Waals surface area contributed by atoms with Gasteiger partial charge in [0.05, 0.1) is 11.8 Å². The number of aromatic nitrogens is 2. The van der Waals surface area contributed by atoms with Gasteiger partial charge in [-0.15, -0.1) is 0 Å². The Hall–Kier alpha value is -1.39. The standard InChI is InChI=1S/C5H6FN3O/c6-3-9-2-4(1-8-9)5(7)10/h1-2H,3H2,(H2,7,10). The number of nitrogens with zero attached hydrogens (tertiary/aromatic N) is 2. The predicted octanol–water partition coefficient (Wildman–Crippen LogP) is -0.0910. The molecule has 0 saturated heterocycles. The van der Waals surface area contributed by atoms with Crippen LogP contribution in [-0.2, 0) is 6.80 Å². The van der Waals surface area contributed by atoms with Gasteiger partial charge in [-0.1, -0.05) is 0 Å². The topological polar surface area (TPSA) is 60.9 Å². The SMILES string of the molecule is NC(=O)c1cnn(CF)c1. The van der Waals surface area contributed by atoms with E-state index in [2.05, 4.69) is 5.10 Å². The van der Waals surface area contributed by atoms with Crippen LogP contribution in [0.3, 0.4) is 0 Å². The van der Waals surface area contributed by atoms with Crippen LogP contribution in [0.1, 0.15) is 10.4 Å². The lowest BCUT2D eigenvalue weighted by Crippen LogP contribution is -2.09. The fourth-order valence-electron chi connectivity index (χ4n) is 0.556. The van der Waals surface area contributed by atoms with Crippen molar-refractivity contribution in [1.82, 2.24) is 9.78 Å². The molecule has 0 radical (unpaired) electrons. The van der Waals surface area contributed by atoms with E-state index in [0.29, 0.717) is 0 Å². The highest BCUT2D eigenvalue weighted by molar-refractivity contribution is 5.92. The first-order chi connectivity index (χ1) is 4.74. The van der Waals surface area contributed by atoms with Crippen LogP contribution >= 0.6 is 0 Å². The number of hydrogen-bond donors (Lipinski definition) is 1. The third kappa shape index (κ3) is 1.12. The number of alkyl halides is 1. The normalized spacial score (nSPS) is 9.70. The van der Waals surface area contributed by atoms with Crippen molar-refractivity contribution < 1.29 is 9.18 Å². The molecule has 4 nitrogen and oxygen atoms in total. The Balaban J connectivity index is 2.88. The third-order valence-corrected chi connectivity index (χ3v) is 1.04. The summed E-state index contributed by atoms with van der Waals surface area (Å²) in [6.07, 6.45) is 2.48. The van der Waals surface area contributed by atoms with E-state index in [1.165, 1.54) is 12.4 Å². The van der Waals surface area contributed by atoms with E-state index in [-0.39, 0.29) is 5.56 Å². The Labute approximate surface area is 56.4 Å². The molecule has 1 aromatic heterocycles. The van der Waals surface area contributed by atoms with Gasteiger partial charge in [0.25, 0.3) is 5.91 Å². The Morgan fingerprint density at radius 1 is 1.90 bits per heavy atom. The van der Waals surface area contributed by atoms with Crippen molar-refractivity contribution >= 4 is 5.91 Å². The molecule has 1 amide bonds. The molecule has 54 valence electrons. The van der Waals surface area contributed by atoms with E-state index < -0.39 is 12.7 Å². The number of hydrogen-bond acceptors (Lipinski definition) is 2. The van der Waals surface area contributed by atoms with Crippen LogP contribution in [0.15, 0.2) is 12.4 Å². The van der Waals surface area contributed by atoms with Gasteiger partial charge in [-0.2, -0.15) is 5.10 Å². The zero-order chi connectivity index (χ0) is 7.56. The predicted molar refractivity (Wildman–Crippen MR) is 31.9 cm³/mol. The number of primary amides is 1. The summed E-state index contributed by atoms with van der Waals surface area (Å²) < 4.78 is 12.7. The lowest BCUT2D eigenvalue weighted by molar-refractivity contribution is 0.1000. The molecular formula is C5H6FN3O. The number of rotatable bonds is 2. The minimum Gasteiger partial charge on any atom is -0.366 e. The maximum Gasteiger partial charge on any atom is 0.251 e. The molecule has 0 saturated carbocycles. The summed E-state index contributed by atoms with van der Waals surface area (Å²) in [6, 6.07) is 0. The van der Waals surface area contributed by atoms with Crippen LogP contribution in [0, 0.1) is 0 Å². The van der Waals surface area contributed by atoms with Crippen LogP contribution in [0.5, 0.6) is 0 Å². The molecule has 0 fully saturated rings. The minimum atomic E-state index is -0.743. The number of amides is 1. The summed E-state index contributed by atoms with van der Waals surface area (Å²) in [5.41, 5.74) is 5.09. The van der Waals surface area contributed by atoms with Crippen molar-refractivity contribution in [1.29, 1.82) is 0 Å². The highest BCUT2D eigenvalue weighted by Gasteiger charge is 2.01. The van der Waals surface area contributed by atoms with Crippen LogP contribution < -0.4 is 5.73 Å². The van der Waals surface area contributed by atoms with E-state index in [1.807, 2.05) is 0 Å². The first-order valence-corrected chi connectivity index (χ1v) is 2.62. The molecule has 0 aliphatic carbocycles. The smallest absolute Gasteiger partial charge is 0.251 e. The van der Waals surface area contributed by atoms with Crippen molar-refractivity contribution in [3.8, 4) is 0 Å². The second-order valence-corrected chi connectivity index (χ2v) is 1.75. The second-order valence-electron chi connectivity index (χ2n) is 1.75. The Morgan fingerprint density at radius 3 is 2.90 bits per heavy atom. The van der Waals surface area contributed by atoms with E-state index in [0.717, 1.165) is 4.68 Å². The zero-order valence-electron chi connectivity index (χ0n) is 5.12. The van der Waals surface area contributed by atoms with Gasteiger partial charge < -0.3 is 5.73 Å². The first kappa shape index (κ1) is 6.73. The van der Waals surface area contributed by atoms with Gasteiger partial charge in [-0.25, -0.2) is 9.07 Å². The van der Waals surface area contributed by atoms with Crippen molar-refractivity contribution in [2.45, 2.75) is 6.80 Å². The molecule has 0 aromatic carbocycles. The van der Waals surface area contributed by atoms with Crippen molar-refractivity contribution in [3.05, 3.63) is 18.0 Å². The van der Waals surface area contributed by atoms with Gasteiger partial charge in [0.2, 0.25) is 0 Å². The molecule has 0 bridgehead atoms. The number of carbonyl (C=O) groups is 1.